The molecule has 1 N–H and O–H groups in total. The molecule has 1 nitrogen and oxygen atoms in total. The lowest BCUT2D eigenvalue weighted by atomic mass is 10.1. The minimum atomic E-state index is 0.299. The van der Waals surface area contributed by atoms with Gasteiger partial charge in [0.15, 0.2) is 0 Å². The van der Waals surface area contributed by atoms with Gasteiger partial charge in [-0.05, 0) is 24.7 Å². The van der Waals surface area contributed by atoms with E-state index in [-0.39, 0.29) is 0 Å². The lowest BCUT2D eigenvalue weighted by Crippen LogP contribution is -1.93. The zero-order chi connectivity index (χ0) is 8.69. The largest absolute Gasteiger partial charge is 0.396 e. The molecule has 0 heterocycles. The van der Waals surface area contributed by atoms with Gasteiger partial charge < -0.3 is 5.11 Å². The first-order chi connectivity index (χ1) is 5.16. The van der Waals surface area contributed by atoms with E-state index >= 15 is 0 Å². The highest BCUT2D eigenvalue weighted by Crippen LogP contribution is 2.06. The zero-order valence-corrected chi connectivity index (χ0v) is 7.88. The van der Waals surface area contributed by atoms with Gasteiger partial charge in [0.2, 0.25) is 0 Å². The minimum Gasteiger partial charge on any atom is -0.396 e. The van der Waals surface area contributed by atoms with Gasteiger partial charge in [-0.15, -0.1) is 0 Å². The molecule has 0 bridgehead atoms. The van der Waals surface area contributed by atoms with E-state index in [9.17, 15) is 0 Å². The predicted octanol–water partition coefficient (Wildman–Crippen LogP) is 2.61. The van der Waals surface area contributed by atoms with Gasteiger partial charge in [-0.25, -0.2) is 0 Å². The Morgan fingerprint density at radius 1 is 1.27 bits per heavy atom. The Hall–Kier alpha value is -0.300. The van der Waals surface area contributed by atoms with Gasteiger partial charge in [-0.3, -0.25) is 0 Å². The van der Waals surface area contributed by atoms with E-state index in [4.69, 9.17) is 5.11 Å². The lowest BCUT2D eigenvalue weighted by molar-refractivity contribution is 0.274. The average molecular weight is 156 g/mol. The summed E-state index contributed by atoms with van der Waals surface area (Å²) in [4.78, 5) is 0. The van der Waals surface area contributed by atoms with Crippen molar-refractivity contribution in [2.45, 2.75) is 33.6 Å². The predicted molar refractivity (Wildman–Crippen MR) is 49.5 cm³/mol. The van der Waals surface area contributed by atoms with Gasteiger partial charge in [0.1, 0.15) is 0 Å². The summed E-state index contributed by atoms with van der Waals surface area (Å²) in [5.74, 6) is 1.27. The molecule has 0 aliphatic heterocycles. The van der Waals surface area contributed by atoms with E-state index in [2.05, 4.69) is 32.9 Å². The number of aliphatic hydroxyl groups excluding tert-OH is 1. The van der Waals surface area contributed by atoms with Crippen LogP contribution in [0.4, 0.5) is 0 Å². The summed E-state index contributed by atoms with van der Waals surface area (Å²) in [5.41, 5.74) is 0. The summed E-state index contributed by atoms with van der Waals surface area (Å²) in [5, 5.41) is 8.61. The Balaban J connectivity index is 3.39. The second-order valence-corrected chi connectivity index (χ2v) is 3.55. The Morgan fingerprint density at radius 3 is 2.36 bits per heavy atom. The van der Waals surface area contributed by atoms with Crippen LogP contribution in [0.15, 0.2) is 12.2 Å². The fraction of sp³-hybridized carbons (Fsp3) is 0.800. The number of aliphatic hydroxyl groups is 1. The van der Waals surface area contributed by atoms with Gasteiger partial charge in [-0.2, -0.15) is 0 Å². The second kappa shape index (κ2) is 6.41. The molecule has 0 aromatic rings. The summed E-state index contributed by atoms with van der Waals surface area (Å²) in [6.45, 7) is 6.85. The molecular formula is C10H20O. The van der Waals surface area contributed by atoms with Crippen molar-refractivity contribution in [1.82, 2.24) is 0 Å². The topological polar surface area (TPSA) is 20.2 Å². The highest BCUT2D eigenvalue weighted by atomic mass is 16.2. The highest BCUT2D eigenvalue weighted by molar-refractivity contribution is 4.86. The molecule has 0 spiro atoms. The Labute approximate surface area is 70.1 Å². The smallest absolute Gasteiger partial charge is 0.0436 e. The molecule has 0 saturated carbocycles. The molecule has 0 rings (SSSR count). The molecular weight excluding hydrogens is 136 g/mol. The van der Waals surface area contributed by atoms with Crippen LogP contribution in [0.3, 0.4) is 0 Å². The summed E-state index contributed by atoms with van der Waals surface area (Å²) in [7, 11) is 0. The lowest BCUT2D eigenvalue weighted by Gasteiger charge is -2.02. The number of allylic oxidation sites excluding steroid dienone is 2. The molecule has 0 aliphatic carbocycles. The van der Waals surface area contributed by atoms with Gasteiger partial charge in [0, 0.05) is 6.61 Å². The summed E-state index contributed by atoms with van der Waals surface area (Å²) >= 11 is 0. The first-order valence-corrected chi connectivity index (χ1v) is 4.44. The van der Waals surface area contributed by atoms with E-state index in [0.717, 1.165) is 18.8 Å². The third-order valence-corrected chi connectivity index (χ3v) is 1.66. The van der Waals surface area contributed by atoms with Crippen molar-refractivity contribution in [1.29, 1.82) is 0 Å². The van der Waals surface area contributed by atoms with Crippen molar-refractivity contribution in [3.8, 4) is 0 Å². The van der Waals surface area contributed by atoms with Crippen LogP contribution in [-0.2, 0) is 0 Å². The normalized spacial score (nSPS) is 14.6. The average Bonchev–Trinajstić information content (AvgIpc) is 1.87. The SMILES string of the molecule is CC(C)CC=CC(C)CCO. The first kappa shape index (κ1) is 10.7. The van der Waals surface area contributed by atoms with E-state index in [1.807, 2.05) is 0 Å². The van der Waals surface area contributed by atoms with Crippen LogP contribution in [0, 0.1) is 11.8 Å². The van der Waals surface area contributed by atoms with Crippen LogP contribution in [0.25, 0.3) is 0 Å². The van der Waals surface area contributed by atoms with Crippen molar-refractivity contribution in [2.24, 2.45) is 11.8 Å². The molecule has 11 heavy (non-hydrogen) atoms. The number of rotatable bonds is 5. The minimum absolute atomic E-state index is 0.299. The molecule has 1 atom stereocenters. The van der Waals surface area contributed by atoms with Gasteiger partial charge >= 0.3 is 0 Å². The van der Waals surface area contributed by atoms with Crippen molar-refractivity contribution >= 4 is 0 Å². The Bertz CT molecular complexity index is 105. The summed E-state index contributed by atoms with van der Waals surface area (Å²) in [6, 6.07) is 0. The fourth-order valence-electron chi connectivity index (χ4n) is 0.883. The van der Waals surface area contributed by atoms with Crippen LogP contribution in [0.5, 0.6) is 0 Å². The van der Waals surface area contributed by atoms with E-state index in [0.29, 0.717) is 12.5 Å². The van der Waals surface area contributed by atoms with Crippen molar-refractivity contribution < 1.29 is 5.11 Å². The monoisotopic (exact) mass is 156 g/mol. The van der Waals surface area contributed by atoms with E-state index in [1.54, 1.807) is 0 Å². The fourth-order valence-corrected chi connectivity index (χ4v) is 0.883. The van der Waals surface area contributed by atoms with Crippen LogP contribution in [0.2, 0.25) is 0 Å². The van der Waals surface area contributed by atoms with Gasteiger partial charge in [-0.1, -0.05) is 32.9 Å². The first-order valence-electron chi connectivity index (χ1n) is 4.44. The highest BCUT2D eigenvalue weighted by Gasteiger charge is 1.94. The Kier molecular flexibility index (Phi) is 6.24. The molecule has 1 unspecified atom stereocenters. The van der Waals surface area contributed by atoms with E-state index < -0.39 is 0 Å². The third-order valence-electron chi connectivity index (χ3n) is 1.66. The maximum absolute atomic E-state index is 8.61. The van der Waals surface area contributed by atoms with Crippen LogP contribution < -0.4 is 0 Å². The van der Waals surface area contributed by atoms with Crippen molar-refractivity contribution in [3.05, 3.63) is 12.2 Å². The molecule has 0 fully saturated rings. The molecule has 0 aromatic carbocycles. The molecule has 0 aliphatic rings. The summed E-state index contributed by atoms with van der Waals surface area (Å²) in [6.07, 6.45) is 6.44. The second-order valence-electron chi connectivity index (χ2n) is 3.55. The summed E-state index contributed by atoms with van der Waals surface area (Å²) < 4.78 is 0. The maximum Gasteiger partial charge on any atom is 0.0436 e. The quantitative estimate of drug-likeness (QED) is 0.607. The van der Waals surface area contributed by atoms with Gasteiger partial charge in [0.05, 0.1) is 0 Å². The maximum atomic E-state index is 8.61. The Morgan fingerprint density at radius 2 is 1.91 bits per heavy atom. The molecule has 0 saturated heterocycles. The van der Waals surface area contributed by atoms with Crippen LogP contribution >= 0.6 is 0 Å². The molecule has 0 amide bonds. The van der Waals surface area contributed by atoms with E-state index in [1.165, 1.54) is 0 Å². The standard InChI is InChI=1S/C10H20O/c1-9(2)5-4-6-10(3)7-8-11/h4,6,9-11H,5,7-8H2,1-3H3. The molecule has 1 heteroatoms. The molecule has 66 valence electrons. The zero-order valence-electron chi connectivity index (χ0n) is 7.88. The van der Waals surface area contributed by atoms with Crippen LogP contribution in [-0.4, -0.2) is 11.7 Å². The van der Waals surface area contributed by atoms with Crippen LogP contribution in [0.1, 0.15) is 33.6 Å². The molecule has 0 radical (unpaired) electrons. The van der Waals surface area contributed by atoms with Crippen molar-refractivity contribution in [3.63, 3.8) is 0 Å². The third kappa shape index (κ3) is 7.60. The molecule has 0 aromatic heterocycles. The van der Waals surface area contributed by atoms with Crippen molar-refractivity contribution in [2.75, 3.05) is 6.61 Å². The number of hydrogen-bond donors (Lipinski definition) is 1. The van der Waals surface area contributed by atoms with Gasteiger partial charge in [0.25, 0.3) is 0 Å². The number of hydrogen-bond acceptors (Lipinski definition) is 1.